The van der Waals surface area contributed by atoms with Crippen molar-refractivity contribution in [2.45, 2.75) is 20.5 Å². The number of para-hydroxylation sites is 1. The lowest BCUT2D eigenvalue weighted by Gasteiger charge is -2.07. The SMILES string of the molecule is COCc1c(C(=O)Oc2ccc(C)cc2C)oc2ccccc12. The molecular weight excluding hydrogens is 292 g/mol. The molecule has 0 N–H and O–H groups in total. The molecule has 0 unspecified atom stereocenters. The number of hydrogen-bond acceptors (Lipinski definition) is 4. The minimum absolute atomic E-state index is 0.188. The van der Waals surface area contributed by atoms with Gasteiger partial charge < -0.3 is 13.9 Å². The second-order valence-electron chi connectivity index (χ2n) is 5.50. The fourth-order valence-corrected chi connectivity index (χ4v) is 2.61. The van der Waals surface area contributed by atoms with Crippen LogP contribution in [-0.2, 0) is 11.3 Å². The number of hydrogen-bond donors (Lipinski definition) is 0. The van der Waals surface area contributed by atoms with Crippen LogP contribution in [0.25, 0.3) is 11.0 Å². The number of aryl methyl sites for hydroxylation is 2. The van der Waals surface area contributed by atoms with Gasteiger partial charge in [0.25, 0.3) is 0 Å². The van der Waals surface area contributed by atoms with Crippen LogP contribution in [0, 0.1) is 13.8 Å². The number of methoxy groups -OCH3 is 1. The smallest absolute Gasteiger partial charge is 0.380 e. The standard InChI is InChI=1S/C19H18O4/c1-12-8-9-16(13(2)10-12)23-19(20)18-15(11-21-3)14-6-4-5-7-17(14)22-18/h4-10H,11H2,1-3H3. The summed E-state index contributed by atoms with van der Waals surface area (Å²) in [4.78, 5) is 12.5. The Kier molecular flexibility index (Phi) is 4.17. The first kappa shape index (κ1) is 15.3. The van der Waals surface area contributed by atoms with Crippen molar-refractivity contribution in [2.24, 2.45) is 0 Å². The first-order valence-electron chi connectivity index (χ1n) is 7.39. The van der Waals surface area contributed by atoms with Crippen LogP contribution in [0.3, 0.4) is 0 Å². The highest BCUT2D eigenvalue weighted by Gasteiger charge is 2.22. The molecule has 0 saturated heterocycles. The largest absolute Gasteiger partial charge is 0.449 e. The van der Waals surface area contributed by atoms with Crippen molar-refractivity contribution in [1.82, 2.24) is 0 Å². The van der Waals surface area contributed by atoms with E-state index in [1.54, 1.807) is 13.2 Å². The van der Waals surface area contributed by atoms with Crippen LogP contribution in [0.4, 0.5) is 0 Å². The molecule has 0 atom stereocenters. The Hall–Kier alpha value is -2.59. The predicted molar refractivity (Wildman–Crippen MR) is 87.8 cm³/mol. The summed E-state index contributed by atoms with van der Waals surface area (Å²) in [6.45, 7) is 4.19. The third kappa shape index (κ3) is 2.98. The Morgan fingerprint density at radius 2 is 1.91 bits per heavy atom. The van der Waals surface area contributed by atoms with Crippen LogP contribution in [0.1, 0.15) is 27.2 Å². The van der Waals surface area contributed by atoms with Gasteiger partial charge in [-0.05, 0) is 31.5 Å². The van der Waals surface area contributed by atoms with Gasteiger partial charge in [0.2, 0.25) is 5.76 Å². The number of ether oxygens (including phenoxy) is 2. The topological polar surface area (TPSA) is 48.7 Å². The van der Waals surface area contributed by atoms with E-state index >= 15 is 0 Å². The molecule has 0 spiro atoms. The monoisotopic (exact) mass is 310 g/mol. The minimum Gasteiger partial charge on any atom is -0.449 e. The van der Waals surface area contributed by atoms with Gasteiger partial charge in [0, 0.05) is 18.1 Å². The lowest BCUT2D eigenvalue weighted by atomic mass is 10.1. The van der Waals surface area contributed by atoms with Crippen LogP contribution < -0.4 is 4.74 Å². The zero-order chi connectivity index (χ0) is 16.4. The van der Waals surface area contributed by atoms with E-state index in [2.05, 4.69) is 0 Å². The molecule has 0 saturated carbocycles. The van der Waals surface area contributed by atoms with Gasteiger partial charge in [-0.15, -0.1) is 0 Å². The van der Waals surface area contributed by atoms with Gasteiger partial charge in [0.1, 0.15) is 11.3 Å². The third-order valence-electron chi connectivity index (χ3n) is 3.71. The molecule has 23 heavy (non-hydrogen) atoms. The minimum atomic E-state index is -0.514. The summed E-state index contributed by atoms with van der Waals surface area (Å²) in [5.74, 6) is 0.206. The molecule has 0 fully saturated rings. The number of fused-ring (bicyclic) bond motifs is 1. The molecule has 0 aliphatic rings. The van der Waals surface area contributed by atoms with Gasteiger partial charge in [-0.3, -0.25) is 0 Å². The fraction of sp³-hybridized carbons (Fsp3) is 0.211. The van der Waals surface area contributed by atoms with Crippen molar-refractivity contribution in [3.63, 3.8) is 0 Å². The summed E-state index contributed by atoms with van der Waals surface area (Å²) < 4.78 is 16.4. The van der Waals surface area contributed by atoms with Crippen LogP contribution in [0.15, 0.2) is 46.9 Å². The van der Waals surface area contributed by atoms with E-state index in [1.807, 2.05) is 50.2 Å². The van der Waals surface area contributed by atoms with E-state index in [-0.39, 0.29) is 12.4 Å². The molecule has 1 heterocycles. The molecule has 0 radical (unpaired) electrons. The van der Waals surface area contributed by atoms with E-state index in [0.717, 1.165) is 16.5 Å². The number of carbonyl (C=O) groups is 1. The average Bonchev–Trinajstić information content (AvgIpc) is 2.90. The maximum atomic E-state index is 12.5. The molecule has 0 bridgehead atoms. The van der Waals surface area contributed by atoms with Gasteiger partial charge in [0.05, 0.1) is 6.61 Å². The van der Waals surface area contributed by atoms with E-state index in [0.29, 0.717) is 16.9 Å². The predicted octanol–water partition coefficient (Wildman–Crippen LogP) is 4.42. The second kappa shape index (κ2) is 6.26. The molecule has 0 amide bonds. The molecule has 1 aromatic heterocycles. The van der Waals surface area contributed by atoms with E-state index in [9.17, 15) is 4.79 Å². The maximum absolute atomic E-state index is 12.5. The number of esters is 1. The first-order valence-corrected chi connectivity index (χ1v) is 7.39. The zero-order valence-corrected chi connectivity index (χ0v) is 13.4. The third-order valence-corrected chi connectivity index (χ3v) is 3.71. The van der Waals surface area contributed by atoms with Gasteiger partial charge in [-0.25, -0.2) is 4.79 Å². The normalized spacial score (nSPS) is 10.9. The molecule has 3 rings (SSSR count). The van der Waals surface area contributed by atoms with Gasteiger partial charge in [-0.2, -0.15) is 0 Å². The van der Waals surface area contributed by atoms with Crippen molar-refractivity contribution in [3.05, 3.63) is 64.9 Å². The second-order valence-corrected chi connectivity index (χ2v) is 5.50. The Balaban J connectivity index is 1.98. The maximum Gasteiger partial charge on any atom is 0.380 e. The fourth-order valence-electron chi connectivity index (χ4n) is 2.61. The molecule has 118 valence electrons. The zero-order valence-electron chi connectivity index (χ0n) is 13.4. The number of furan rings is 1. The van der Waals surface area contributed by atoms with Gasteiger partial charge in [-0.1, -0.05) is 35.9 Å². The summed E-state index contributed by atoms with van der Waals surface area (Å²) in [5.41, 5.74) is 3.37. The molecule has 3 aromatic rings. The van der Waals surface area contributed by atoms with Crippen molar-refractivity contribution in [2.75, 3.05) is 7.11 Å². The number of carbonyl (C=O) groups excluding carboxylic acids is 1. The first-order chi connectivity index (χ1) is 11.1. The molecular formula is C19H18O4. The molecule has 2 aromatic carbocycles. The molecule has 0 aliphatic heterocycles. The van der Waals surface area contributed by atoms with Crippen molar-refractivity contribution in [1.29, 1.82) is 0 Å². The summed E-state index contributed by atoms with van der Waals surface area (Å²) in [7, 11) is 1.58. The van der Waals surface area contributed by atoms with Crippen molar-refractivity contribution in [3.8, 4) is 5.75 Å². The molecule has 4 heteroatoms. The average molecular weight is 310 g/mol. The summed E-state index contributed by atoms with van der Waals surface area (Å²) in [5, 5.41) is 0.863. The highest BCUT2D eigenvalue weighted by molar-refractivity contribution is 5.97. The van der Waals surface area contributed by atoms with E-state index < -0.39 is 5.97 Å². The van der Waals surface area contributed by atoms with Crippen LogP contribution in [0.2, 0.25) is 0 Å². The highest BCUT2D eigenvalue weighted by Crippen LogP contribution is 2.28. The molecule has 4 nitrogen and oxygen atoms in total. The summed E-state index contributed by atoms with van der Waals surface area (Å²) >= 11 is 0. The van der Waals surface area contributed by atoms with Crippen molar-refractivity contribution < 1.29 is 18.7 Å². The lowest BCUT2D eigenvalue weighted by Crippen LogP contribution is -2.11. The Bertz CT molecular complexity index is 861. The Morgan fingerprint density at radius 1 is 1.13 bits per heavy atom. The van der Waals surface area contributed by atoms with Gasteiger partial charge in [0.15, 0.2) is 0 Å². The summed E-state index contributed by atoms with van der Waals surface area (Å²) in [6.07, 6.45) is 0. The highest BCUT2D eigenvalue weighted by atomic mass is 16.5. The number of rotatable bonds is 4. The quantitative estimate of drug-likeness (QED) is 0.529. The van der Waals surface area contributed by atoms with E-state index in [4.69, 9.17) is 13.9 Å². The number of benzene rings is 2. The van der Waals surface area contributed by atoms with Crippen molar-refractivity contribution >= 4 is 16.9 Å². The van der Waals surface area contributed by atoms with Gasteiger partial charge >= 0.3 is 5.97 Å². The van der Waals surface area contributed by atoms with Crippen LogP contribution in [0.5, 0.6) is 5.75 Å². The molecule has 0 aliphatic carbocycles. The van der Waals surface area contributed by atoms with Crippen LogP contribution in [-0.4, -0.2) is 13.1 Å². The van der Waals surface area contributed by atoms with E-state index in [1.165, 1.54) is 0 Å². The Labute approximate surface area is 134 Å². The Morgan fingerprint density at radius 3 is 2.65 bits per heavy atom. The summed E-state index contributed by atoms with van der Waals surface area (Å²) in [6, 6.07) is 13.2. The van der Waals surface area contributed by atoms with Crippen LogP contribution >= 0.6 is 0 Å². The lowest BCUT2D eigenvalue weighted by molar-refractivity contribution is 0.0696.